The van der Waals surface area contributed by atoms with Crippen LogP contribution in [0.2, 0.25) is 0 Å². The second-order valence-corrected chi connectivity index (χ2v) is 13.5. The molecule has 0 aromatic heterocycles. The lowest BCUT2D eigenvalue weighted by molar-refractivity contribution is 0.382. The van der Waals surface area contributed by atoms with E-state index in [-0.39, 0.29) is 16.5 Å². The van der Waals surface area contributed by atoms with E-state index in [4.69, 9.17) is 4.74 Å². The summed E-state index contributed by atoms with van der Waals surface area (Å²) in [5.41, 5.74) is -10.7. The van der Waals surface area contributed by atoms with E-state index in [1.807, 2.05) is 0 Å². The fraction of sp³-hybridized carbons (Fsp3) is 0. The van der Waals surface area contributed by atoms with E-state index in [1.165, 1.54) is 0 Å². The van der Waals surface area contributed by atoms with Crippen LogP contribution in [0.3, 0.4) is 0 Å². The van der Waals surface area contributed by atoms with Gasteiger partial charge in [-0.15, -0.1) is 0 Å². The van der Waals surface area contributed by atoms with Gasteiger partial charge < -0.3 is 4.74 Å². The van der Waals surface area contributed by atoms with Gasteiger partial charge in [-0.25, -0.2) is 87.8 Å². The molecule has 0 atom stereocenters. The first kappa shape index (κ1) is 43.0. The largest absolute Gasteiger partial charge is 0.456 e. The monoisotopic (exact) mass is 906 g/mol. The van der Waals surface area contributed by atoms with Crippen molar-refractivity contribution in [2.75, 3.05) is 0 Å². The minimum atomic E-state index is -3.06. The van der Waals surface area contributed by atoms with Crippen LogP contribution in [-0.4, -0.2) is 13.4 Å². The fourth-order valence-corrected chi connectivity index (χ4v) is 7.54. The van der Waals surface area contributed by atoms with Crippen molar-refractivity contribution in [3.8, 4) is 22.6 Å². The molecule has 0 N–H and O–H groups in total. The lowest BCUT2D eigenvalue weighted by atomic mass is 9.35. The molecule has 0 fully saturated rings. The molecule has 63 heavy (non-hydrogen) atoms. The van der Waals surface area contributed by atoms with Crippen LogP contribution in [0.5, 0.6) is 11.5 Å². The number of fused-ring (bicyclic) bond motifs is 2. The average Bonchev–Trinajstić information content (AvgIpc) is 3.27. The highest BCUT2D eigenvalue weighted by Gasteiger charge is 2.44. The fourth-order valence-electron chi connectivity index (χ4n) is 7.54. The molecular formula is C40H8B2F20O. The summed E-state index contributed by atoms with van der Waals surface area (Å²) in [7, 11) is 0. The molecular weight excluding hydrogens is 898 g/mol. The molecule has 1 heterocycles. The van der Waals surface area contributed by atoms with Gasteiger partial charge in [0, 0.05) is 32.8 Å². The summed E-state index contributed by atoms with van der Waals surface area (Å²) in [5, 5.41) is -0.845. The molecule has 0 saturated heterocycles. The minimum absolute atomic E-state index is 0.185. The first-order chi connectivity index (χ1) is 29.6. The summed E-state index contributed by atoms with van der Waals surface area (Å²) in [6.45, 7) is -6.12. The van der Waals surface area contributed by atoms with E-state index in [2.05, 4.69) is 0 Å². The molecule has 8 rings (SSSR count). The van der Waals surface area contributed by atoms with E-state index in [0.717, 1.165) is 30.3 Å². The van der Waals surface area contributed by atoms with Crippen molar-refractivity contribution in [2.45, 2.75) is 0 Å². The lowest BCUT2D eigenvalue weighted by Gasteiger charge is -2.26. The summed E-state index contributed by atoms with van der Waals surface area (Å²) >= 11 is 0. The third-order valence-electron chi connectivity index (χ3n) is 10.3. The molecule has 1 nitrogen and oxygen atoms in total. The number of benzene rings is 7. The van der Waals surface area contributed by atoms with Gasteiger partial charge in [0.25, 0.3) is 13.4 Å². The molecule has 1 aliphatic heterocycles. The Hall–Kier alpha value is -6.67. The van der Waals surface area contributed by atoms with Crippen LogP contribution in [0, 0.1) is 116 Å². The number of hydrogen-bond acceptors (Lipinski definition) is 1. The van der Waals surface area contributed by atoms with Crippen molar-refractivity contribution in [1.29, 1.82) is 0 Å². The van der Waals surface area contributed by atoms with Crippen LogP contribution >= 0.6 is 0 Å². The summed E-state index contributed by atoms with van der Waals surface area (Å²) in [6, 6.07) is 6.58. The minimum Gasteiger partial charge on any atom is -0.456 e. The Balaban J connectivity index is 1.40. The van der Waals surface area contributed by atoms with Gasteiger partial charge in [0.05, 0.1) is 0 Å². The molecule has 0 spiro atoms. The molecule has 1 aliphatic rings. The molecule has 0 amide bonds. The van der Waals surface area contributed by atoms with Crippen LogP contribution in [0.1, 0.15) is 0 Å². The normalized spacial score (nSPS) is 11.9. The van der Waals surface area contributed by atoms with E-state index in [1.54, 1.807) is 0 Å². The standard InChI is InChI=1S/C40H8B2F20O/c43-21-17(22(44)30(52)37(59)29(21)51)41(18-23(45)31(53)38(60)32(54)24(18)46)9-4-5-10-11-6-7-13(12-2-1-3-14(16(11)12)63-15(10)8-9)42(19-25(47)33(55)39(61)34(56)26(19)48)20-27(49)35(57)40(62)36(58)28(20)50/h1-8H. The van der Waals surface area contributed by atoms with E-state index < -0.39 is 179 Å². The molecule has 0 unspecified atom stereocenters. The van der Waals surface area contributed by atoms with Gasteiger partial charge in [0.1, 0.15) is 11.5 Å². The summed E-state index contributed by atoms with van der Waals surface area (Å²) in [5.74, 6) is -55.8. The highest BCUT2D eigenvalue weighted by Crippen LogP contribution is 2.46. The number of rotatable bonds is 6. The number of hydrogen-bond donors (Lipinski definition) is 0. The number of ether oxygens (including phenoxy) is 1. The Morgan fingerprint density at radius 3 is 1.02 bits per heavy atom. The average molecular weight is 906 g/mol. The molecule has 320 valence electrons. The molecule has 7 aromatic rings. The second kappa shape index (κ2) is 15.0. The Morgan fingerprint density at radius 2 is 0.635 bits per heavy atom. The highest BCUT2D eigenvalue weighted by atomic mass is 19.2. The molecule has 7 aromatic carbocycles. The van der Waals surface area contributed by atoms with Crippen molar-refractivity contribution in [1.82, 2.24) is 0 Å². The van der Waals surface area contributed by atoms with Gasteiger partial charge in [-0.05, 0) is 23.1 Å². The maximum absolute atomic E-state index is 15.5. The summed E-state index contributed by atoms with van der Waals surface area (Å²) in [6.07, 6.45) is 0. The van der Waals surface area contributed by atoms with Crippen LogP contribution < -0.4 is 37.5 Å². The first-order valence-corrected chi connectivity index (χ1v) is 17.1. The number of halogens is 20. The zero-order chi connectivity index (χ0) is 46.0. The van der Waals surface area contributed by atoms with Crippen molar-refractivity contribution < 1.29 is 92.5 Å². The molecule has 0 bridgehead atoms. The van der Waals surface area contributed by atoms with Gasteiger partial charge in [-0.2, -0.15) is 0 Å². The predicted octanol–water partition coefficient (Wildman–Crippen LogP) is 8.43. The maximum atomic E-state index is 15.5. The third-order valence-corrected chi connectivity index (χ3v) is 10.3. The van der Waals surface area contributed by atoms with Crippen LogP contribution in [-0.2, 0) is 0 Å². The topological polar surface area (TPSA) is 9.23 Å². The first-order valence-electron chi connectivity index (χ1n) is 17.1. The second-order valence-electron chi connectivity index (χ2n) is 13.5. The molecule has 0 aliphatic carbocycles. The van der Waals surface area contributed by atoms with Gasteiger partial charge in [-0.1, -0.05) is 47.3 Å². The maximum Gasteiger partial charge on any atom is 0.257 e. The smallest absolute Gasteiger partial charge is 0.257 e. The quantitative estimate of drug-likeness (QED) is 0.0706. The van der Waals surface area contributed by atoms with Gasteiger partial charge >= 0.3 is 0 Å². The molecule has 0 radical (unpaired) electrons. The predicted molar refractivity (Wildman–Crippen MR) is 184 cm³/mol. The molecule has 23 heteroatoms. The van der Waals surface area contributed by atoms with E-state index in [0.29, 0.717) is 18.2 Å². The third kappa shape index (κ3) is 6.05. The van der Waals surface area contributed by atoms with Crippen molar-refractivity contribution >= 4 is 57.0 Å². The summed E-state index contributed by atoms with van der Waals surface area (Å²) < 4.78 is 302. The Bertz CT molecular complexity index is 2940. The van der Waals surface area contributed by atoms with E-state index >= 15 is 35.1 Å². The lowest BCUT2D eigenvalue weighted by Crippen LogP contribution is -2.58. The highest BCUT2D eigenvalue weighted by molar-refractivity contribution is 6.97. The zero-order valence-electron chi connectivity index (χ0n) is 29.7. The van der Waals surface area contributed by atoms with Gasteiger partial charge in [-0.3, -0.25) is 0 Å². The van der Waals surface area contributed by atoms with Crippen LogP contribution in [0.25, 0.3) is 21.9 Å². The van der Waals surface area contributed by atoms with Crippen molar-refractivity contribution in [3.63, 3.8) is 0 Å². The van der Waals surface area contributed by atoms with Gasteiger partial charge in [0.2, 0.25) is 0 Å². The van der Waals surface area contributed by atoms with Crippen molar-refractivity contribution in [3.05, 3.63) is 165 Å². The van der Waals surface area contributed by atoms with Crippen molar-refractivity contribution in [2.24, 2.45) is 0 Å². The Morgan fingerprint density at radius 1 is 0.302 bits per heavy atom. The van der Waals surface area contributed by atoms with Crippen LogP contribution in [0.15, 0.2) is 48.5 Å². The summed E-state index contributed by atoms with van der Waals surface area (Å²) in [4.78, 5) is 0. The molecule has 0 saturated carbocycles. The Kier molecular flexibility index (Phi) is 10.2. The SMILES string of the molecule is Fc1c(F)c(F)c(B(c2ccc3c(c2)Oc2cccc4c(B(c5c(F)c(F)c(F)c(F)c5F)c5c(F)c(F)c(F)c(F)c5F)ccc-3c24)c2c(F)c(F)c(F)c(F)c2F)c(F)c1F. The van der Waals surface area contributed by atoms with Crippen LogP contribution in [0.4, 0.5) is 87.8 Å². The Labute approximate surface area is 336 Å². The zero-order valence-corrected chi connectivity index (χ0v) is 29.7. The van der Waals surface area contributed by atoms with E-state index in [9.17, 15) is 52.7 Å². The van der Waals surface area contributed by atoms with Gasteiger partial charge in [0.15, 0.2) is 116 Å².